The normalized spacial score (nSPS) is 10.2. The average molecular weight is 332 g/mol. The van der Waals surface area contributed by atoms with Gasteiger partial charge in [0.05, 0.1) is 26.2 Å². The first kappa shape index (κ1) is 16.9. The van der Waals surface area contributed by atoms with Crippen LogP contribution in [0.2, 0.25) is 0 Å². The minimum atomic E-state index is -0.995. The average Bonchev–Trinajstić information content (AvgIpc) is 2.55. The zero-order valence-electron chi connectivity index (χ0n) is 12.7. The summed E-state index contributed by atoms with van der Waals surface area (Å²) in [4.78, 5) is 24.6. The van der Waals surface area contributed by atoms with Gasteiger partial charge in [0.1, 0.15) is 5.75 Å². The minimum Gasteiger partial charge on any atom is -0.497 e. The van der Waals surface area contributed by atoms with E-state index >= 15 is 0 Å². The van der Waals surface area contributed by atoms with Crippen molar-refractivity contribution in [3.8, 4) is 5.75 Å². The fourth-order valence-electron chi connectivity index (χ4n) is 2.02. The van der Waals surface area contributed by atoms with Crippen LogP contribution in [-0.2, 0) is 16.0 Å². The SMILES string of the molecule is COC(=O)c1cc(Sc2ccc(OC)cc2)ccc1CC(=O)O. The molecule has 23 heavy (non-hydrogen) atoms. The van der Waals surface area contributed by atoms with Crippen LogP contribution >= 0.6 is 11.8 Å². The van der Waals surface area contributed by atoms with Gasteiger partial charge in [0.25, 0.3) is 0 Å². The van der Waals surface area contributed by atoms with Crippen molar-refractivity contribution < 1.29 is 24.2 Å². The molecule has 0 unspecified atom stereocenters. The maximum atomic E-state index is 11.9. The lowest BCUT2D eigenvalue weighted by Gasteiger charge is -2.09. The van der Waals surface area contributed by atoms with Gasteiger partial charge in [-0.3, -0.25) is 4.79 Å². The van der Waals surface area contributed by atoms with Gasteiger partial charge in [0.15, 0.2) is 0 Å². The van der Waals surface area contributed by atoms with Crippen molar-refractivity contribution in [2.75, 3.05) is 14.2 Å². The van der Waals surface area contributed by atoms with Crippen LogP contribution in [0.4, 0.5) is 0 Å². The Kier molecular flexibility index (Phi) is 5.65. The minimum absolute atomic E-state index is 0.224. The van der Waals surface area contributed by atoms with Gasteiger partial charge >= 0.3 is 11.9 Å². The second-order valence-electron chi connectivity index (χ2n) is 4.66. The van der Waals surface area contributed by atoms with E-state index in [9.17, 15) is 9.59 Å². The highest BCUT2D eigenvalue weighted by atomic mass is 32.2. The van der Waals surface area contributed by atoms with E-state index in [4.69, 9.17) is 14.6 Å². The number of rotatable bonds is 6. The van der Waals surface area contributed by atoms with Gasteiger partial charge in [-0.15, -0.1) is 0 Å². The summed E-state index contributed by atoms with van der Waals surface area (Å²) in [5, 5.41) is 8.93. The molecule has 120 valence electrons. The summed E-state index contributed by atoms with van der Waals surface area (Å²) in [6.07, 6.45) is -0.224. The summed E-state index contributed by atoms with van der Waals surface area (Å²) in [6.45, 7) is 0. The quantitative estimate of drug-likeness (QED) is 0.819. The van der Waals surface area contributed by atoms with Crippen LogP contribution in [0.25, 0.3) is 0 Å². The lowest BCUT2D eigenvalue weighted by Crippen LogP contribution is -2.09. The molecule has 0 amide bonds. The highest BCUT2D eigenvalue weighted by Crippen LogP contribution is 2.30. The number of hydrogen-bond donors (Lipinski definition) is 1. The largest absolute Gasteiger partial charge is 0.497 e. The monoisotopic (exact) mass is 332 g/mol. The number of carboxylic acid groups (broad SMARTS) is 1. The zero-order chi connectivity index (χ0) is 16.8. The maximum absolute atomic E-state index is 11.9. The molecular formula is C17H16O5S. The molecule has 0 heterocycles. The number of carboxylic acids is 1. The molecule has 0 spiro atoms. The Balaban J connectivity index is 2.28. The van der Waals surface area contributed by atoms with E-state index in [0.29, 0.717) is 5.56 Å². The lowest BCUT2D eigenvalue weighted by atomic mass is 10.0. The second kappa shape index (κ2) is 7.69. The van der Waals surface area contributed by atoms with E-state index in [-0.39, 0.29) is 12.0 Å². The number of aliphatic carboxylic acids is 1. The molecule has 6 heteroatoms. The Labute approximate surface area is 138 Å². The van der Waals surface area contributed by atoms with Crippen LogP contribution in [0.15, 0.2) is 52.3 Å². The molecule has 0 aliphatic carbocycles. The molecule has 2 rings (SSSR count). The number of methoxy groups -OCH3 is 2. The summed E-state index contributed by atoms with van der Waals surface area (Å²) >= 11 is 1.47. The molecule has 2 aromatic carbocycles. The van der Waals surface area contributed by atoms with E-state index in [1.165, 1.54) is 18.9 Å². The summed E-state index contributed by atoms with van der Waals surface area (Å²) < 4.78 is 9.85. The second-order valence-corrected chi connectivity index (χ2v) is 5.81. The molecule has 0 bridgehead atoms. The van der Waals surface area contributed by atoms with Gasteiger partial charge < -0.3 is 14.6 Å². The van der Waals surface area contributed by atoms with Crippen LogP contribution in [0.1, 0.15) is 15.9 Å². The molecular weight excluding hydrogens is 316 g/mol. The molecule has 0 aliphatic heterocycles. The molecule has 0 aromatic heterocycles. The molecule has 0 atom stereocenters. The molecule has 0 aliphatic rings. The standard InChI is InChI=1S/C17H16O5S/c1-21-12-4-7-13(8-5-12)23-14-6-3-11(9-16(18)19)15(10-14)17(20)22-2/h3-8,10H,9H2,1-2H3,(H,18,19). The topological polar surface area (TPSA) is 72.8 Å². The number of hydrogen-bond acceptors (Lipinski definition) is 5. The highest BCUT2D eigenvalue weighted by molar-refractivity contribution is 7.99. The number of carbonyl (C=O) groups is 2. The third-order valence-electron chi connectivity index (χ3n) is 3.12. The van der Waals surface area contributed by atoms with Gasteiger partial charge in [-0.1, -0.05) is 17.8 Å². The van der Waals surface area contributed by atoms with Crippen molar-refractivity contribution in [3.05, 3.63) is 53.6 Å². The fraction of sp³-hybridized carbons (Fsp3) is 0.176. The van der Waals surface area contributed by atoms with Gasteiger partial charge in [-0.25, -0.2) is 4.79 Å². The first-order valence-corrected chi connectivity index (χ1v) is 7.60. The number of esters is 1. The number of benzene rings is 2. The summed E-state index contributed by atoms with van der Waals surface area (Å²) in [6, 6.07) is 12.6. The zero-order valence-corrected chi connectivity index (χ0v) is 13.6. The molecule has 2 aromatic rings. The summed E-state index contributed by atoms with van der Waals surface area (Å²) in [7, 11) is 2.88. The molecule has 0 fully saturated rings. The Morgan fingerprint density at radius 2 is 1.70 bits per heavy atom. The van der Waals surface area contributed by atoms with E-state index in [1.807, 2.05) is 24.3 Å². The van der Waals surface area contributed by atoms with Gasteiger partial charge in [-0.05, 0) is 42.0 Å². The molecule has 1 N–H and O–H groups in total. The third-order valence-corrected chi connectivity index (χ3v) is 4.12. The first-order valence-electron chi connectivity index (χ1n) is 6.78. The predicted molar refractivity (Wildman–Crippen MR) is 86.2 cm³/mol. The van der Waals surface area contributed by atoms with Gasteiger partial charge in [0.2, 0.25) is 0 Å². The van der Waals surface area contributed by atoms with E-state index in [1.54, 1.807) is 25.3 Å². The van der Waals surface area contributed by atoms with Crippen molar-refractivity contribution in [2.45, 2.75) is 16.2 Å². The van der Waals surface area contributed by atoms with Crippen molar-refractivity contribution in [2.24, 2.45) is 0 Å². The predicted octanol–water partition coefficient (Wildman–Crippen LogP) is 3.26. The Morgan fingerprint density at radius 1 is 1.04 bits per heavy atom. The van der Waals surface area contributed by atoms with Crippen LogP contribution in [0, 0.1) is 0 Å². The first-order chi connectivity index (χ1) is 11.0. The molecule has 0 saturated carbocycles. The Bertz CT molecular complexity index is 709. The van der Waals surface area contributed by atoms with Crippen molar-refractivity contribution in [1.82, 2.24) is 0 Å². The van der Waals surface area contributed by atoms with Crippen molar-refractivity contribution >= 4 is 23.7 Å². The lowest BCUT2D eigenvalue weighted by molar-refractivity contribution is -0.136. The Hall–Kier alpha value is -2.47. The fourth-order valence-corrected chi connectivity index (χ4v) is 2.87. The van der Waals surface area contributed by atoms with Crippen molar-refractivity contribution in [3.63, 3.8) is 0 Å². The van der Waals surface area contributed by atoms with Gasteiger partial charge in [-0.2, -0.15) is 0 Å². The molecule has 0 radical (unpaired) electrons. The van der Waals surface area contributed by atoms with Crippen LogP contribution in [0.5, 0.6) is 5.75 Å². The van der Waals surface area contributed by atoms with E-state index in [0.717, 1.165) is 15.5 Å². The van der Waals surface area contributed by atoms with Crippen LogP contribution < -0.4 is 4.74 Å². The number of ether oxygens (including phenoxy) is 2. The van der Waals surface area contributed by atoms with Crippen LogP contribution in [-0.4, -0.2) is 31.3 Å². The Morgan fingerprint density at radius 3 is 2.26 bits per heavy atom. The smallest absolute Gasteiger partial charge is 0.338 e. The van der Waals surface area contributed by atoms with Gasteiger partial charge in [0, 0.05) is 9.79 Å². The van der Waals surface area contributed by atoms with Crippen LogP contribution in [0.3, 0.4) is 0 Å². The summed E-state index contributed by atoms with van der Waals surface area (Å²) in [5.74, 6) is -0.773. The highest BCUT2D eigenvalue weighted by Gasteiger charge is 2.15. The molecule has 0 saturated heterocycles. The molecule has 5 nitrogen and oxygen atoms in total. The summed E-state index contributed by atoms with van der Waals surface area (Å²) in [5.41, 5.74) is 0.705. The van der Waals surface area contributed by atoms with Crippen molar-refractivity contribution in [1.29, 1.82) is 0 Å². The van der Waals surface area contributed by atoms with E-state index < -0.39 is 11.9 Å². The van der Waals surface area contributed by atoms with E-state index in [2.05, 4.69) is 0 Å². The number of carbonyl (C=O) groups excluding carboxylic acids is 1. The maximum Gasteiger partial charge on any atom is 0.338 e. The third kappa shape index (κ3) is 4.50.